The van der Waals surface area contributed by atoms with Gasteiger partial charge in [-0.2, -0.15) is 0 Å². The van der Waals surface area contributed by atoms with Crippen LogP contribution in [0.4, 0.5) is 4.79 Å². The Kier molecular flexibility index (Phi) is 5.58. The summed E-state index contributed by atoms with van der Waals surface area (Å²) in [5.74, 6) is -1.22. The predicted molar refractivity (Wildman–Crippen MR) is 84.9 cm³/mol. The lowest BCUT2D eigenvalue weighted by Gasteiger charge is -2.21. The second-order valence-electron chi connectivity index (χ2n) is 5.24. The van der Waals surface area contributed by atoms with Gasteiger partial charge in [-0.15, -0.1) is 0 Å². The molecule has 134 valence electrons. The summed E-state index contributed by atoms with van der Waals surface area (Å²) in [4.78, 5) is 46.9. The van der Waals surface area contributed by atoms with Crippen LogP contribution in [0.3, 0.4) is 0 Å². The first-order valence-corrected chi connectivity index (χ1v) is 7.56. The molecule has 0 aromatic carbocycles. The SMILES string of the molecule is CCOC(=O)C1=C(COC(=O)c2c(C)cc(=O)oc2C)NC(=O)NC1. The molecule has 25 heavy (non-hydrogen) atoms. The van der Waals surface area contributed by atoms with E-state index in [2.05, 4.69) is 10.6 Å². The number of urea groups is 1. The van der Waals surface area contributed by atoms with Crippen molar-refractivity contribution in [3.05, 3.63) is 44.6 Å². The quantitative estimate of drug-likeness (QED) is 0.743. The van der Waals surface area contributed by atoms with Gasteiger partial charge in [0, 0.05) is 6.07 Å². The number of rotatable bonds is 5. The minimum Gasteiger partial charge on any atom is -0.463 e. The zero-order valence-corrected chi connectivity index (χ0v) is 14.1. The van der Waals surface area contributed by atoms with Crippen LogP contribution in [0.15, 0.2) is 26.5 Å². The van der Waals surface area contributed by atoms with E-state index in [0.29, 0.717) is 5.56 Å². The molecule has 2 N–H and O–H groups in total. The van der Waals surface area contributed by atoms with Crippen LogP contribution in [0.25, 0.3) is 0 Å². The van der Waals surface area contributed by atoms with Crippen molar-refractivity contribution >= 4 is 18.0 Å². The number of esters is 2. The van der Waals surface area contributed by atoms with E-state index in [0.717, 1.165) is 0 Å². The van der Waals surface area contributed by atoms with Crippen LogP contribution in [-0.4, -0.2) is 37.7 Å². The number of carbonyl (C=O) groups excluding carboxylic acids is 3. The van der Waals surface area contributed by atoms with E-state index < -0.39 is 23.6 Å². The predicted octanol–water partition coefficient (Wildman–Crippen LogP) is 0.543. The van der Waals surface area contributed by atoms with E-state index in [9.17, 15) is 19.2 Å². The molecule has 0 unspecified atom stereocenters. The van der Waals surface area contributed by atoms with E-state index in [-0.39, 0.29) is 42.4 Å². The second kappa shape index (κ2) is 7.65. The van der Waals surface area contributed by atoms with Crippen LogP contribution >= 0.6 is 0 Å². The van der Waals surface area contributed by atoms with E-state index in [1.54, 1.807) is 13.8 Å². The smallest absolute Gasteiger partial charge is 0.342 e. The van der Waals surface area contributed by atoms with Gasteiger partial charge in [0.15, 0.2) is 0 Å². The number of ether oxygens (including phenoxy) is 2. The van der Waals surface area contributed by atoms with E-state index >= 15 is 0 Å². The average Bonchev–Trinajstić information content (AvgIpc) is 2.52. The summed E-state index contributed by atoms with van der Waals surface area (Å²) in [7, 11) is 0. The standard InChI is InChI=1S/C16H18N2O7/c1-4-23-14(20)10-6-17-16(22)18-11(10)7-24-15(21)13-8(2)5-12(19)25-9(13)3/h5H,4,6-7H2,1-3H3,(H2,17,18,22). The van der Waals surface area contributed by atoms with Gasteiger partial charge in [0.05, 0.1) is 24.4 Å². The van der Waals surface area contributed by atoms with Gasteiger partial charge in [0.2, 0.25) is 0 Å². The zero-order chi connectivity index (χ0) is 18.6. The first-order valence-electron chi connectivity index (χ1n) is 7.56. The first-order chi connectivity index (χ1) is 11.8. The highest BCUT2D eigenvalue weighted by atomic mass is 16.5. The molecule has 2 amide bonds. The van der Waals surface area contributed by atoms with Crippen molar-refractivity contribution in [2.45, 2.75) is 20.8 Å². The van der Waals surface area contributed by atoms with E-state index in [1.165, 1.54) is 13.0 Å². The van der Waals surface area contributed by atoms with Crippen LogP contribution in [-0.2, 0) is 14.3 Å². The molecule has 9 nitrogen and oxygen atoms in total. The topological polar surface area (TPSA) is 124 Å². The normalized spacial score (nSPS) is 13.8. The summed E-state index contributed by atoms with van der Waals surface area (Å²) in [6.45, 7) is 4.51. The molecule has 0 saturated carbocycles. The Morgan fingerprint density at radius 3 is 2.56 bits per heavy atom. The maximum atomic E-state index is 12.3. The lowest BCUT2D eigenvalue weighted by atomic mass is 10.1. The van der Waals surface area contributed by atoms with E-state index in [1.807, 2.05) is 0 Å². The minimum absolute atomic E-state index is 0.0319. The molecule has 1 aromatic rings. The fraction of sp³-hybridized carbons (Fsp3) is 0.375. The minimum atomic E-state index is -0.734. The van der Waals surface area contributed by atoms with Crippen molar-refractivity contribution in [1.29, 1.82) is 0 Å². The highest BCUT2D eigenvalue weighted by Crippen LogP contribution is 2.14. The molecule has 1 aromatic heterocycles. The third kappa shape index (κ3) is 4.25. The molecule has 0 atom stereocenters. The van der Waals surface area contributed by atoms with Crippen molar-refractivity contribution in [3.63, 3.8) is 0 Å². The first kappa shape index (κ1) is 18.2. The van der Waals surface area contributed by atoms with Crippen LogP contribution in [0.1, 0.15) is 28.6 Å². The monoisotopic (exact) mass is 350 g/mol. The average molecular weight is 350 g/mol. The Morgan fingerprint density at radius 2 is 1.92 bits per heavy atom. The maximum absolute atomic E-state index is 12.3. The van der Waals surface area contributed by atoms with Crippen LogP contribution < -0.4 is 16.3 Å². The number of aryl methyl sites for hydroxylation is 2. The highest BCUT2D eigenvalue weighted by Gasteiger charge is 2.25. The number of hydrogen-bond acceptors (Lipinski definition) is 7. The molecule has 0 saturated heterocycles. The molecule has 9 heteroatoms. The lowest BCUT2D eigenvalue weighted by Crippen LogP contribution is -2.45. The molecule has 0 bridgehead atoms. The number of amides is 2. The van der Waals surface area contributed by atoms with Crippen molar-refractivity contribution in [2.75, 3.05) is 19.8 Å². The summed E-state index contributed by atoms with van der Waals surface area (Å²) in [6, 6.07) is 0.663. The van der Waals surface area contributed by atoms with E-state index in [4.69, 9.17) is 13.9 Å². The third-order valence-corrected chi connectivity index (χ3v) is 3.46. The lowest BCUT2D eigenvalue weighted by molar-refractivity contribution is -0.138. The summed E-state index contributed by atoms with van der Waals surface area (Å²) in [6.07, 6.45) is 0. The molecule has 1 aliphatic rings. The van der Waals surface area contributed by atoms with Crippen molar-refractivity contribution in [2.24, 2.45) is 0 Å². The zero-order valence-electron chi connectivity index (χ0n) is 14.1. The van der Waals surface area contributed by atoms with Gasteiger partial charge in [-0.1, -0.05) is 0 Å². The molecule has 1 aliphatic heterocycles. The third-order valence-electron chi connectivity index (χ3n) is 3.46. The van der Waals surface area contributed by atoms with Gasteiger partial charge < -0.3 is 24.5 Å². The van der Waals surface area contributed by atoms with Gasteiger partial charge >= 0.3 is 23.6 Å². The molecule has 0 aliphatic carbocycles. The van der Waals surface area contributed by atoms with Gasteiger partial charge in [-0.05, 0) is 26.3 Å². The Hall–Kier alpha value is -3.10. The van der Waals surface area contributed by atoms with Gasteiger partial charge in [-0.3, -0.25) is 0 Å². The van der Waals surface area contributed by atoms with Crippen molar-refractivity contribution in [3.8, 4) is 0 Å². The molecular formula is C16H18N2O7. The maximum Gasteiger partial charge on any atom is 0.342 e. The Labute approximate surface area is 143 Å². The Bertz CT molecular complexity index is 781. The highest BCUT2D eigenvalue weighted by molar-refractivity contribution is 5.94. The van der Waals surface area contributed by atoms with Crippen LogP contribution in [0.5, 0.6) is 0 Å². The van der Waals surface area contributed by atoms with Crippen LogP contribution in [0.2, 0.25) is 0 Å². The Balaban J connectivity index is 2.20. The largest absolute Gasteiger partial charge is 0.463 e. The Morgan fingerprint density at radius 1 is 1.20 bits per heavy atom. The molecule has 0 radical (unpaired) electrons. The fourth-order valence-corrected chi connectivity index (χ4v) is 2.34. The summed E-state index contributed by atoms with van der Waals surface area (Å²) in [5, 5.41) is 4.88. The van der Waals surface area contributed by atoms with Gasteiger partial charge in [-0.25, -0.2) is 19.2 Å². The van der Waals surface area contributed by atoms with Crippen LogP contribution in [0, 0.1) is 13.8 Å². The fourth-order valence-electron chi connectivity index (χ4n) is 2.34. The van der Waals surface area contributed by atoms with Crippen molar-refractivity contribution in [1.82, 2.24) is 10.6 Å². The summed E-state index contributed by atoms with van der Waals surface area (Å²) in [5.41, 5.74) is 0.279. The summed E-state index contributed by atoms with van der Waals surface area (Å²) >= 11 is 0. The summed E-state index contributed by atoms with van der Waals surface area (Å²) < 4.78 is 15.0. The molecule has 0 fully saturated rings. The molecule has 2 heterocycles. The number of hydrogen-bond donors (Lipinski definition) is 2. The van der Waals surface area contributed by atoms with Gasteiger partial charge in [0.1, 0.15) is 17.9 Å². The van der Waals surface area contributed by atoms with Crippen molar-refractivity contribution < 1.29 is 28.3 Å². The van der Waals surface area contributed by atoms with Gasteiger partial charge in [0.25, 0.3) is 0 Å². The molecule has 0 spiro atoms. The molecular weight excluding hydrogens is 332 g/mol. The molecule has 2 rings (SSSR count). The number of carbonyl (C=O) groups is 3. The second-order valence-corrected chi connectivity index (χ2v) is 5.24. The number of nitrogens with one attached hydrogen (secondary N) is 2.